The Hall–Kier alpha value is -0.0800. The first kappa shape index (κ1) is 12.4. The zero-order valence-electron chi connectivity index (χ0n) is 11.2. The van der Waals surface area contributed by atoms with E-state index in [1.807, 2.05) is 0 Å². The summed E-state index contributed by atoms with van der Waals surface area (Å²) in [5.74, 6) is 0.899. The molecule has 0 aliphatic heterocycles. The van der Waals surface area contributed by atoms with Crippen molar-refractivity contribution in [2.24, 2.45) is 16.7 Å². The van der Waals surface area contributed by atoms with Crippen LogP contribution in [0, 0.1) is 16.7 Å². The summed E-state index contributed by atoms with van der Waals surface area (Å²) in [4.78, 5) is 0. The van der Waals surface area contributed by atoms with E-state index in [0.717, 1.165) is 12.3 Å². The van der Waals surface area contributed by atoms with Gasteiger partial charge in [-0.25, -0.2) is 0 Å². The Morgan fingerprint density at radius 2 is 2.06 bits per heavy atom. The first-order valence-electron chi connectivity index (χ1n) is 6.78. The minimum absolute atomic E-state index is 0.296. The largest absolute Gasteiger partial charge is 0.396 e. The highest BCUT2D eigenvalue weighted by atomic mass is 16.3. The smallest absolute Gasteiger partial charge is 0.0445 e. The van der Waals surface area contributed by atoms with Gasteiger partial charge in [0.15, 0.2) is 0 Å². The summed E-state index contributed by atoms with van der Waals surface area (Å²) in [7, 11) is 0. The third kappa shape index (κ3) is 1.62. The van der Waals surface area contributed by atoms with Crippen LogP contribution in [0.2, 0.25) is 0 Å². The summed E-state index contributed by atoms with van der Waals surface area (Å²) in [6, 6.07) is 1.10. The van der Waals surface area contributed by atoms with Crippen LogP contribution in [-0.2, 0) is 0 Å². The fourth-order valence-electron chi connectivity index (χ4n) is 4.08. The molecule has 0 saturated heterocycles. The summed E-state index contributed by atoms with van der Waals surface area (Å²) in [5, 5.41) is 12.7. The lowest BCUT2D eigenvalue weighted by molar-refractivity contribution is 0.113. The first-order chi connectivity index (χ1) is 7.41. The van der Waals surface area contributed by atoms with Gasteiger partial charge in [-0.05, 0) is 49.4 Å². The van der Waals surface area contributed by atoms with Gasteiger partial charge < -0.3 is 10.4 Å². The number of hydrogen-bond acceptors (Lipinski definition) is 2. The molecule has 0 radical (unpaired) electrons. The molecule has 0 spiro atoms. The normalized spacial score (nSPS) is 42.6. The Morgan fingerprint density at radius 1 is 1.38 bits per heavy atom. The van der Waals surface area contributed by atoms with Gasteiger partial charge in [0.2, 0.25) is 0 Å². The second-order valence-electron chi connectivity index (χ2n) is 6.74. The van der Waals surface area contributed by atoms with Crippen LogP contribution in [0.3, 0.4) is 0 Å². The van der Waals surface area contributed by atoms with Crippen molar-refractivity contribution in [3.8, 4) is 0 Å². The van der Waals surface area contributed by atoms with E-state index in [1.165, 1.54) is 19.3 Å². The Morgan fingerprint density at radius 3 is 2.50 bits per heavy atom. The molecule has 2 heteroatoms. The number of aliphatic hydroxyl groups excluding tert-OH is 1. The molecule has 0 aromatic heterocycles. The van der Waals surface area contributed by atoms with Gasteiger partial charge >= 0.3 is 0 Å². The molecule has 2 saturated carbocycles. The summed E-state index contributed by atoms with van der Waals surface area (Å²) in [6.45, 7) is 9.85. The van der Waals surface area contributed by atoms with Crippen LogP contribution < -0.4 is 5.32 Å². The predicted octanol–water partition coefficient (Wildman–Crippen LogP) is 2.56. The van der Waals surface area contributed by atoms with Crippen LogP contribution >= 0.6 is 0 Å². The Balaban J connectivity index is 2.04. The van der Waals surface area contributed by atoms with Crippen LogP contribution in [-0.4, -0.2) is 23.8 Å². The predicted molar refractivity (Wildman–Crippen MR) is 67.3 cm³/mol. The SMILES string of the molecule is C[C@H](CCO)NC1CC2CC[C@]1(C)C2(C)C. The summed E-state index contributed by atoms with van der Waals surface area (Å²) >= 11 is 0. The Bertz CT molecular complexity index is 263. The fourth-order valence-corrected chi connectivity index (χ4v) is 4.08. The number of fused-ring (bicyclic) bond motifs is 2. The molecular formula is C14H27NO. The lowest BCUT2D eigenvalue weighted by atomic mass is 9.69. The van der Waals surface area contributed by atoms with E-state index in [1.54, 1.807) is 0 Å². The average Bonchev–Trinajstić information content (AvgIpc) is 2.51. The maximum absolute atomic E-state index is 8.97. The van der Waals surface area contributed by atoms with Crippen molar-refractivity contribution < 1.29 is 5.11 Å². The molecule has 0 aromatic carbocycles. The molecule has 16 heavy (non-hydrogen) atoms. The number of hydrogen-bond donors (Lipinski definition) is 2. The summed E-state index contributed by atoms with van der Waals surface area (Å²) < 4.78 is 0. The Kier molecular flexibility index (Phi) is 3.09. The molecule has 2 N–H and O–H groups in total. The quantitative estimate of drug-likeness (QED) is 0.770. The number of aliphatic hydroxyl groups is 1. The standard InChI is InChI=1S/C14H27NO/c1-10(6-8-16)15-12-9-11-5-7-14(12,4)13(11,2)3/h10-12,15-16H,5-9H2,1-4H3/t10-,11?,12?,14+/m1/s1. The number of nitrogens with one attached hydrogen (secondary N) is 1. The van der Waals surface area contributed by atoms with E-state index in [9.17, 15) is 0 Å². The maximum Gasteiger partial charge on any atom is 0.0445 e. The highest BCUT2D eigenvalue weighted by Crippen LogP contribution is 2.65. The summed E-state index contributed by atoms with van der Waals surface area (Å²) in [6.07, 6.45) is 4.99. The summed E-state index contributed by atoms with van der Waals surface area (Å²) in [5.41, 5.74) is 0.949. The van der Waals surface area contributed by atoms with Gasteiger partial charge in [0, 0.05) is 18.7 Å². The maximum atomic E-state index is 8.97. The molecule has 2 aliphatic rings. The second-order valence-corrected chi connectivity index (χ2v) is 6.74. The van der Waals surface area contributed by atoms with Gasteiger partial charge in [-0.15, -0.1) is 0 Å². The molecule has 2 rings (SSSR count). The van der Waals surface area contributed by atoms with Crippen molar-refractivity contribution in [3.63, 3.8) is 0 Å². The molecule has 0 aromatic rings. The van der Waals surface area contributed by atoms with Crippen molar-refractivity contribution in [2.45, 2.75) is 65.5 Å². The van der Waals surface area contributed by atoms with E-state index < -0.39 is 0 Å². The lowest BCUT2D eigenvalue weighted by Crippen LogP contribution is -2.47. The van der Waals surface area contributed by atoms with Crippen molar-refractivity contribution in [1.29, 1.82) is 0 Å². The van der Waals surface area contributed by atoms with Crippen molar-refractivity contribution in [2.75, 3.05) is 6.61 Å². The molecule has 0 amide bonds. The van der Waals surface area contributed by atoms with Gasteiger partial charge in [-0.2, -0.15) is 0 Å². The van der Waals surface area contributed by atoms with Crippen molar-refractivity contribution in [1.82, 2.24) is 5.32 Å². The average molecular weight is 225 g/mol. The minimum atomic E-state index is 0.296. The van der Waals surface area contributed by atoms with Gasteiger partial charge in [0.1, 0.15) is 0 Å². The topological polar surface area (TPSA) is 32.3 Å². The molecule has 2 unspecified atom stereocenters. The number of rotatable bonds is 4. The minimum Gasteiger partial charge on any atom is -0.396 e. The first-order valence-corrected chi connectivity index (χ1v) is 6.78. The molecule has 4 atom stereocenters. The van der Waals surface area contributed by atoms with E-state index in [2.05, 4.69) is 33.0 Å². The van der Waals surface area contributed by atoms with Crippen LogP contribution in [0.1, 0.15) is 53.4 Å². The molecule has 2 aliphatic carbocycles. The second kappa shape index (κ2) is 3.99. The van der Waals surface area contributed by atoms with Crippen molar-refractivity contribution >= 4 is 0 Å². The molecule has 94 valence electrons. The van der Waals surface area contributed by atoms with E-state index in [0.29, 0.717) is 29.5 Å². The zero-order chi connectivity index (χ0) is 12.0. The van der Waals surface area contributed by atoms with Crippen LogP contribution in [0.4, 0.5) is 0 Å². The van der Waals surface area contributed by atoms with Gasteiger partial charge in [0.05, 0.1) is 0 Å². The molecule has 0 heterocycles. The van der Waals surface area contributed by atoms with Crippen molar-refractivity contribution in [3.05, 3.63) is 0 Å². The third-order valence-electron chi connectivity index (χ3n) is 5.84. The zero-order valence-corrected chi connectivity index (χ0v) is 11.2. The highest BCUT2D eigenvalue weighted by molar-refractivity contribution is 5.13. The molecule has 2 nitrogen and oxygen atoms in total. The van der Waals surface area contributed by atoms with Gasteiger partial charge in [0.25, 0.3) is 0 Å². The molecule has 2 fully saturated rings. The molecular weight excluding hydrogens is 198 g/mol. The Labute approximate surface area is 99.8 Å². The van der Waals surface area contributed by atoms with E-state index >= 15 is 0 Å². The molecule has 2 bridgehead atoms. The van der Waals surface area contributed by atoms with Crippen LogP contribution in [0.5, 0.6) is 0 Å². The highest BCUT2D eigenvalue weighted by Gasteiger charge is 2.61. The van der Waals surface area contributed by atoms with E-state index in [4.69, 9.17) is 5.11 Å². The monoisotopic (exact) mass is 225 g/mol. The van der Waals surface area contributed by atoms with E-state index in [-0.39, 0.29) is 0 Å². The van der Waals surface area contributed by atoms with Gasteiger partial charge in [-0.3, -0.25) is 0 Å². The lowest BCUT2D eigenvalue weighted by Gasteiger charge is -2.40. The van der Waals surface area contributed by atoms with Gasteiger partial charge in [-0.1, -0.05) is 20.8 Å². The third-order valence-corrected chi connectivity index (χ3v) is 5.84. The van der Waals surface area contributed by atoms with Crippen LogP contribution in [0.25, 0.3) is 0 Å². The van der Waals surface area contributed by atoms with Crippen LogP contribution in [0.15, 0.2) is 0 Å². The fraction of sp³-hybridized carbons (Fsp3) is 1.00.